The predicted octanol–water partition coefficient (Wildman–Crippen LogP) is 6.11. The van der Waals surface area contributed by atoms with Crippen molar-refractivity contribution in [2.45, 2.75) is 84.0 Å². The van der Waals surface area contributed by atoms with Crippen LogP contribution in [0.4, 0.5) is 5.69 Å². The molecular formula is C28H42N2O4S. The van der Waals surface area contributed by atoms with Crippen molar-refractivity contribution in [1.29, 1.82) is 0 Å². The maximum atomic E-state index is 12.9. The molecule has 6 nitrogen and oxygen atoms in total. The molecule has 2 aromatic rings. The van der Waals surface area contributed by atoms with Gasteiger partial charge in [-0.1, -0.05) is 67.5 Å². The quantitative estimate of drug-likeness (QED) is 0.425. The van der Waals surface area contributed by atoms with Crippen LogP contribution in [0.2, 0.25) is 0 Å². The Kier molecular flexibility index (Phi) is 9.54. The van der Waals surface area contributed by atoms with Gasteiger partial charge in [-0.15, -0.1) is 0 Å². The van der Waals surface area contributed by atoms with Gasteiger partial charge in [0.15, 0.2) is 6.61 Å². The van der Waals surface area contributed by atoms with E-state index in [1.54, 1.807) is 12.1 Å². The number of hydrogen-bond donors (Lipinski definition) is 1. The van der Waals surface area contributed by atoms with Gasteiger partial charge in [0.25, 0.3) is 5.91 Å². The van der Waals surface area contributed by atoms with Crippen molar-refractivity contribution < 1.29 is 17.9 Å². The second-order valence-corrected chi connectivity index (χ2v) is 12.9. The minimum absolute atomic E-state index is 0.0135. The van der Waals surface area contributed by atoms with Gasteiger partial charge in [-0.05, 0) is 65.1 Å². The lowest BCUT2D eigenvalue weighted by Gasteiger charge is -2.27. The minimum Gasteiger partial charge on any atom is -0.483 e. The van der Waals surface area contributed by atoms with Crippen LogP contribution in [-0.4, -0.2) is 38.3 Å². The van der Waals surface area contributed by atoms with Crippen molar-refractivity contribution in [3.63, 3.8) is 0 Å². The molecule has 0 aliphatic heterocycles. The summed E-state index contributed by atoms with van der Waals surface area (Å²) < 4.78 is 33.3. The maximum absolute atomic E-state index is 12.9. The van der Waals surface area contributed by atoms with E-state index >= 15 is 0 Å². The van der Waals surface area contributed by atoms with Crippen LogP contribution in [0.15, 0.2) is 47.4 Å². The molecule has 0 bridgehead atoms. The molecular weight excluding hydrogens is 460 g/mol. The number of ether oxygens (including phenoxy) is 1. The van der Waals surface area contributed by atoms with Crippen LogP contribution in [0.25, 0.3) is 0 Å². The Morgan fingerprint density at radius 1 is 0.886 bits per heavy atom. The van der Waals surface area contributed by atoms with Crippen molar-refractivity contribution >= 4 is 21.6 Å². The molecule has 0 fully saturated rings. The molecule has 2 rings (SSSR count). The van der Waals surface area contributed by atoms with Crippen LogP contribution in [0.1, 0.15) is 79.4 Å². The van der Waals surface area contributed by atoms with Crippen molar-refractivity contribution in [3.8, 4) is 5.75 Å². The number of nitrogens with one attached hydrogen (secondary N) is 1. The Balaban J connectivity index is 2.10. The summed E-state index contributed by atoms with van der Waals surface area (Å²) in [5.74, 6) is 0.382. The van der Waals surface area contributed by atoms with Crippen LogP contribution in [0, 0.1) is 0 Å². The summed E-state index contributed by atoms with van der Waals surface area (Å²) in [5.41, 5.74) is 2.66. The van der Waals surface area contributed by atoms with Gasteiger partial charge in [0.1, 0.15) is 5.75 Å². The van der Waals surface area contributed by atoms with Gasteiger partial charge in [-0.25, -0.2) is 8.42 Å². The monoisotopic (exact) mass is 502 g/mol. The van der Waals surface area contributed by atoms with Crippen LogP contribution < -0.4 is 10.1 Å². The number of sulfonamides is 1. The maximum Gasteiger partial charge on any atom is 0.262 e. The third kappa shape index (κ3) is 7.80. The second kappa shape index (κ2) is 11.6. The van der Waals surface area contributed by atoms with Gasteiger partial charge in [0, 0.05) is 18.8 Å². The van der Waals surface area contributed by atoms with E-state index in [1.165, 1.54) is 22.0 Å². The number of hydrogen-bond acceptors (Lipinski definition) is 4. The summed E-state index contributed by atoms with van der Waals surface area (Å²) in [6, 6.07) is 12.4. The molecule has 35 heavy (non-hydrogen) atoms. The van der Waals surface area contributed by atoms with Crippen molar-refractivity contribution in [1.82, 2.24) is 4.31 Å². The highest BCUT2D eigenvalue weighted by molar-refractivity contribution is 7.89. The van der Waals surface area contributed by atoms with Gasteiger partial charge in [0.05, 0.1) is 4.90 Å². The van der Waals surface area contributed by atoms with E-state index in [2.05, 4.69) is 52.9 Å². The van der Waals surface area contributed by atoms with Crippen LogP contribution in [-0.2, 0) is 25.6 Å². The average molecular weight is 503 g/mol. The van der Waals surface area contributed by atoms with E-state index in [1.807, 2.05) is 26.0 Å². The first-order chi connectivity index (χ1) is 16.2. The fourth-order valence-electron chi connectivity index (χ4n) is 3.76. The normalized spacial score (nSPS) is 12.6. The number of anilines is 1. The van der Waals surface area contributed by atoms with E-state index < -0.39 is 10.0 Å². The lowest BCUT2D eigenvalue weighted by molar-refractivity contribution is -0.118. The van der Waals surface area contributed by atoms with Crippen molar-refractivity contribution in [2.75, 3.05) is 25.0 Å². The first-order valence-corrected chi connectivity index (χ1v) is 13.8. The highest BCUT2D eigenvalue weighted by Gasteiger charge is 2.24. The Labute approximate surface area is 212 Å². The summed E-state index contributed by atoms with van der Waals surface area (Å²) in [6.07, 6.45) is 1.51. The predicted molar refractivity (Wildman–Crippen MR) is 144 cm³/mol. The number of amides is 1. The summed E-state index contributed by atoms with van der Waals surface area (Å²) in [6.45, 7) is 17.6. The molecule has 0 radical (unpaired) electrons. The van der Waals surface area contributed by atoms with Crippen LogP contribution >= 0.6 is 0 Å². The molecule has 0 aliphatic rings. The van der Waals surface area contributed by atoms with E-state index in [0.29, 0.717) is 24.5 Å². The molecule has 0 heterocycles. The summed E-state index contributed by atoms with van der Waals surface area (Å²) in [4.78, 5) is 12.8. The Bertz CT molecular complexity index is 1090. The molecule has 194 valence electrons. The van der Waals surface area contributed by atoms with Gasteiger partial charge in [-0.3, -0.25) is 4.79 Å². The lowest BCUT2D eigenvalue weighted by Crippen LogP contribution is -2.32. The van der Waals surface area contributed by atoms with Crippen LogP contribution in [0.5, 0.6) is 5.75 Å². The highest BCUT2D eigenvalue weighted by atomic mass is 32.2. The summed E-state index contributed by atoms with van der Waals surface area (Å²) in [7, 11) is -3.55. The van der Waals surface area contributed by atoms with E-state index in [0.717, 1.165) is 18.4 Å². The van der Waals surface area contributed by atoms with E-state index in [9.17, 15) is 13.2 Å². The zero-order valence-electron chi connectivity index (χ0n) is 22.6. The number of carbonyl (C=O) groups is 1. The average Bonchev–Trinajstić information content (AvgIpc) is 2.76. The smallest absolute Gasteiger partial charge is 0.262 e. The standard InChI is InChI=1S/C28H42N2O4S/c1-9-17-30(18-10-2)35(32,33)23-14-12-22(13-15-23)29-26(31)20-34-25-16-11-21(27(3,4)5)19-24(25)28(6,7)8/h11-16,19H,9-10,17-18,20H2,1-8H3,(H,29,31). The fourth-order valence-corrected chi connectivity index (χ4v) is 5.38. The molecule has 2 aromatic carbocycles. The van der Waals surface area contributed by atoms with Crippen LogP contribution in [0.3, 0.4) is 0 Å². The van der Waals surface area contributed by atoms with Gasteiger partial charge < -0.3 is 10.1 Å². The molecule has 0 aromatic heterocycles. The van der Waals surface area contributed by atoms with Gasteiger partial charge in [0.2, 0.25) is 10.0 Å². The van der Waals surface area contributed by atoms with Crippen molar-refractivity contribution in [2.24, 2.45) is 0 Å². The Morgan fingerprint density at radius 3 is 1.94 bits per heavy atom. The first kappa shape index (κ1) is 28.9. The lowest BCUT2D eigenvalue weighted by atomic mass is 9.80. The summed E-state index contributed by atoms with van der Waals surface area (Å²) >= 11 is 0. The third-order valence-corrected chi connectivity index (χ3v) is 7.65. The van der Waals surface area contributed by atoms with Crippen molar-refractivity contribution in [3.05, 3.63) is 53.6 Å². The zero-order chi connectivity index (χ0) is 26.4. The number of carbonyl (C=O) groups excluding carboxylic acids is 1. The molecule has 0 unspecified atom stereocenters. The first-order valence-electron chi connectivity index (χ1n) is 12.4. The Morgan fingerprint density at radius 2 is 1.46 bits per heavy atom. The second-order valence-electron chi connectivity index (χ2n) is 11.0. The SMILES string of the molecule is CCCN(CCC)S(=O)(=O)c1ccc(NC(=O)COc2ccc(C(C)(C)C)cc2C(C)(C)C)cc1. The third-order valence-electron chi connectivity index (χ3n) is 5.73. The molecule has 0 saturated heterocycles. The molecule has 0 atom stereocenters. The topological polar surface area (TPSA) is 75.7 Å². The molecule has 0 saturated carbocycles. The Hall–Kier alpha value is -2.38. The minimum atomic E-state index is -3.55. The zero-order valence-corrected chi connectivity index (χ0v) is 23.4. The number of benzene rings is 2. The fraction of sp³-hybridized carbons (Fsp3) is 0.536. The van der Waals surface area contributed by atoms with E-state index in [-0.39, 0.29) is 28.2 Å². The molecule has 0 spiro atoms. The highest BCUT2D eigenvalue weighted by Crippen LogP contribution is 2.35. The summed E-state index contributed by atoms with van der Waals surface area (Å²) in [5, 5.41) is 2.79. The van der Waals surface area contributed by atoms with Gasteiger partial charge >= 0.3 is 0 Å². The number of rotatable bonds is 10. The van der Waals surface area contributed by atoms with E-state index in [4.69, 9.17) is 4.74 Å². The molecule has 1 amide bonds. The number of nitrogens with zero attached hydrogens (tertiary/aromatic N) is 1. The largest absolute Gasteiger partial charge is 0.483 e. The molecule has 1 N–H and O–H groups in total. The van der Waals surface area contributed by atoms with Gasteiger partial charge in [-0.2, -0.15) is 4.31 Å². The molecule has 7 heteroatoms. The molecule has 0 aliphatic carbocycles.